The minimum atomic E-state index is 0.177. The van der Waals surface area contributed by atoms with E-state index >= 15 is 0 Å². The lowest BCUT2D eigenvalue weighted by molar-refractivity contribution is 0.0991. The van der Waals surface area contributed by atoms with Crippen LogP contribution in [0.3, 0.4) is 0 Å². The quantitative estimate of drug-likeness (QED) is 0.578. The van der Waals surface area contributed by atoms with Crippen molar-refractivity contribution in [2.24, 2.45) is 0 Å². The van der Waals surface area contributed by atoms with Crippen molar-refractivity contribution in [3.05, 3.63) is 35.4 Å². The van der Waals surface area contributed by atoms with Crippen molar-refractivity contribution in [1.82, 2.24) is 5.32 Å². The maximum Gasteiger partial charge on any atom is 0.176 e. The molecule has 0 spiro atoms. The smallest absolute Gasteiger partial charge is 0.176 e. The zero-order valence-corrected chi connectivity index (χ0v) is 11.1. The van der Waals surface area contributed by atoms with Gasteiger partial charge in [0.15, 0.2) is 5.78 Å². The Morgan fingerprint density at radius 2 is 1.88 bits per heavy atom. The molecule has 0 saturated heterocycles. The Morgan fingerprint density at radius 1 is 1.24 bits per heavy atom. The second-order valence-corrected chi connectivity index (χ2v) is 4.73. The number of carbonyl (C=O) groups excluding carboxylic acids is 1. The third kappa shape index (κ3) is 4.70. The van der Waals surface area contributed by atoms with E-state index in [2.05, 4.69) is 26.1 Å². The Kier molecular flexibility index (Phi) is 5.92. The van der Waals surface area contributed by atoms with Gasteiger partial charge in [-0.15, -0.1) is 0 Å². The second-order valence-electron chi connectivity index (χ2n) is 4.73. The highest BCUT2D eigenvalue weighted by atomic mass is 16.1. The fourth-order valence-electron chi connectivity index (χ4n) is 1.66. The number of Topliss-reactive ketones (excluding diaryl/α,β-unsaturated/α-hetero) is 1. The second kappa shape index (κ2) is 7.23. The van der Waals surface area contributed by atoms with Gasteiger partial charge in [0.1, 0.15) is 0 Å². The highest BCUT2D eigenvalue weighted by Gasteiger charge is 2.05. The Morgan fingerprint density at radius 3 is 2.41 bits per heavy atom. The summed E-state index contributed by atoms with van der Waals surface area (Å²) < 4.78 is 0. The van der Waals surface area contributed by atoms with E-state index in [1.165, 1.54) is 5.56 Å². The van der Waals surface area contributed by atoms with Gasteiger partial charge in [-0.3, -0.25) is 4.79 Å². The number of hydrogen-bond donors (Lipinski definition) is 1. The molecule has 0 aliphatic heterocycles. The molecule has 0 radical (unpaired) electrons. The molecule has 0 unspecified atom stereocenters. The lowest BCUT2D eigenvalue weighted by atomic mass is 10.0. The van der Waals surface area contributed by atoms with E-state index in [0.717, 1.165) is 24.9 Å². The molecule has 94 valence electrons. The van der Waals surface area contributed by atoms with Gasteiger partial charge >= 0.3 is 0 Å². The topological polar surface area (TPSA) is 29.1 Å². The Hall–Kier alpha value is -1.15. The van der Waals surface area contributed by atoms with Crippen LogP contribution in [0.4, 0.5) is 0 Å². The highest BCUT2D eigenvalue weighted by Crippen LogP contribution is 2.14. The molecule has 2 nitrogen and oxygen atoms in total. The summed E-state index contributed by atoms with van der Waals surface area (Å²) in [6.07, 6.45) is 2.28. The summed E-state index contributed by atoms with van der Waals surface area (Å²) in [6, 6.07) is 7.95. The number of nitrogens with one attached hydrogen (secondary N) is 1. The van der Waals surface area contributed by atoms with E-state index in [4.69, 9.17) is 0 Å². The molecule has 2 heteroatoms. The minimum absolute atomic E-state index is 0.177. The van der Waals surface area contributed by atoms with E-state index < -0.39 is 0 Å². The van der Waals surface area contributed by atoms with Crippen LogP contribution in [0.5, 0.6) is 0 Å². The van der Waals surface area contributed by atoms with Crippen molar-refractivity contribution in [3.63, 3.8) is 0 Å². The third-order valence-electron chi connectivity index (χ3n) is 2.89. The summed E-state index contributed by atoms with van der Waals surface area (Å²) in [6.45, 7) is 7.83. The first-order valence-electron chi connectivity index (χ1n) is 6.49. The van der Waals surface area contributed by atoms with Gasteiger partial charge in [-0.25, -0.2) is 0 Å². The van der Waals surface area contributed by atoms with Crippen LogP contribution < -0.4 is 5.32 Å². The van der Waals surface area contributed by atoms with Gasteiger partial charge in [0.05, 0.1) is 6.54 Å². The zero-order valence-electron chi connectivity index (χ0n) is 11.1. The first kappa shape index (κ1) is 13.9. The Balaban J connectivity index is 2.46. The van der Waals surface area contributed by atoms with Crippen LogP contribution in [0.15, 0.2) is 24.3 Å². The largest absolute Gasteiger partial charge is 0.310 e. The average molecular weight is 233 g/mol. The SMILES string of the molecule is CCCCNCC(=O)c1ccc(C(C)C)cc1. The van der Waals surface area contributed by atoms with Gasteiger partial charge < -0.3 is 5.32 Å². The van der Waals surface area contributed by atoms with Crippen LogP contribution in [0, 0.1) is 0 Å². The van der Waals surface area contributed by atoms with E-state index in [1.54, 1.807) is 0 Å². The molecular formula is C15H23NO. The maximum atomic E-state index is 11.8. The van der Waals surface area contributed by atoms with Crippen LogP contribution in [0.2, 0.25) is 0 Å². The molecule has 1 aromatic rings. The molecule has 17 heavy (non-hydrogen) atoms. The molecule has 0 heterocycles. The fourth-order valence-corrected chi connectivity index (χ4v) is 1.66. The fraction of sp³-hybridized carbons (Fsp3) is 0.533. The van der Waals surface area contributed by atoms with Crippen molar-refractivity contribution in [2.45, 2.75) is 39.5 Å². The van der Waals surface area contributed by atoms with Crippen LogP contribution in [0.1, 0.15) is 55.5 Å². The van der Waals surface area contributed by atoms with Crippen LogP contribution in [0.25, 0.3) is 0 Å². The van der Waals surface area contributed by atoms with Crippen LogP contribution >= 0.6 is 0 Å². The van der Waals surface area contributed by atoms with Gasteiger partial charge in [-0.2, -0.15) is 0 Å². The van der Waals surface area contributed by atoms with Gasteiger partial charge in [-0.1, -0.05) is 51.5 Å². The molecule has 0 saturated carbocycles. The van der Waals surface area contributed by atoms with Gasteiger partial charge in [0.2, 0.25) is 0 Å². The maximum absolute atomic E-state index is 11.8. The summed E-state index contributed by atoms with van der Waals surface area (Å²) in [7, 11) is 0. The van der Waals surface area contributed by atoms with Crippen molar-refractivity contribution in [3.8, 4) is 0 Å². The molecule has 0 aliphatic carbocycles. The zero-order chi connectivity index (χ0) is 12.7. The van der Waals surface area contributed by atoms with Gasteiger partial charge in [-0.05, 0) is 24.4 Å². The molecule has 1 aromatic carbocycles. The first-order chi connectivity index (χ1) is 8.15. The summed E-state index contributed by atoms with van der Waals surface area (Å²) in [5.74, 6) is 0.693. The first-order valence-corrected chi connectivity index (χ1v) is 6.49. The van der Waals surface area contributed by atoms with Crippen LogP contribution in [-0.4, -0.2) is 18.9 Å². The standard InChI is InChI=1S/C15H23NO/c1-4-5-10-16-11-15(17)14-8-6-13(7-9-14)12(2)3/h6-9,12,16H,4-5,10-11H2,1-3H3. The molecule has 1 N–H and O–H groups in total. The van der Waals surface area contributed by atoms with Gasteiger partial charge in [0, 0.05) is 5.56 Å². The Bertz CT molecular complexity index is 340. The predicted molar refractivity (Wildman–Crippen MR) is 72.6 cm³/mol. The number of ketones is 1. The predicted octanol–water partition coefficient (Wildman–Crippen LogP) is 3.38. The van der Waals surface area contributed by atoms with Crippen molar-refractivity contribution in [1.29, 1.82) is 0 Å². The number of rotatable bonds is 7. The molecular weight excluding hydrogens is 210 g/mol. The lowest BCUT2D eigenvalue weighted by Gasteiger charge is -2.07. The lowest BCUT2D eigenvalue weighted by Crippen LogP contribution is -2.23. The molecule has 0 aromatic heterocycles. The number of hydrogen-bond acceptors (Lipinski definition) is 2. The van der Waals surface area contributed by atoms with E-state index in [9.17, 15) is 4.79 Å². The Labute approximate surface area is 104 Å². The van der Waals surface area contributed by atoms with Crippen molar-refractivity contribution in [2.75, 3.05) is 13.1 Å². The summed E-state index contributed by atoms with van der Waals surface area (Å²) in [5, 5.41) is 3.17. The molecule has 0 atom stereocenters. The molecule has 0 aliphatic rings. The minimum Gasteiger partial charge on any atom is -0.310 e. The monoisotopic (exact) mass is 233 g/mol. The van der Waals surface area contributed by atoms with Crippen LogP contribution in [-0.2, 0) is 0 Å². The summed E-state index contributed by atoms with van der Waals surface area (Å²) >= 11 is 0. The molecule has 1 rings (SSSR count). The van der Waals surface area contributed by atoms with E-state index in [1.807, 2.05) is 24.3 Å². The summed E-state index contributed by atoms with van der Waals surface area (Å²) in [4.78, 5) is 11.8. The number of carbonyl (C=O) groups is 1. The van der Waals surface area contributed by atoms with E-state index in [0.29, 0.717) is 12.5 Å². The average Bonchev–Trinajstić information content (AvgIpc) is 2.34. The molecule has 0 bridgehead atoms. The van der Waals surface area contributed by atoms with Gasteiger partial charge in [0.25, 0.3) is 0 Å². The van der Waals surface area contributed by atoms with Crippen molar-refractivity contribution >= 4 is 5.78 Å². The summed E-state index contributed by atoms with van der Waals surface area (Å²) in [5.41, 5.74) is 2.08. The highest BCUT2D eigenvalue weighted by molar-refractivity contribution is 5.97. The van der Waals surface area contributed by atoms with E-state index in [-0.39, 0.29) is 5.78 Å². The number of unbranched alkanes of at least 4 members (excludes halogenated alkanes) is 1. The molecule has 0 amide bonds. The third-order valence-corrected chi connectivity index (χ3v) is 2.89. The van der Waals surface area contributed by atoms with Crippen molar-refractivity contribution < 1.29 is 4.79 Å². The normalized spacial score (nSPS) is 10.8. The molecule has 0 fully saturated rings. The number of benzene rings is 1.